The normalized spacial score (nSPS) is 17.3. The second-order valence-corrected chi connectivity index (χ2v) is 9.16. The molecule has 0 radical (unpaired) electrons. The van der Waals surface area contributed by atoms with Gasteiger partial charge in [0.15, 0.2) is 0 Å². The van der Waals surface area contributed by atoms with Gasteiger partial charge in [-0.1, -0.05) is 77.2 Å². The van der Waals surface area contributed by atoms with Gasteiger partial charge in [-0.15, -0.1) is 0 Å². The molecular formula is C26H45N3O2. The Kier molecular flexibility index (Phi) is 13.5. The standard InChI is InChI=1S/C15H32N2.C11H13NO2/c1-2-3-4-5-6-7-8-10-13-16-17-14-11-9-12-15-17;13-11(14)10-7-3-6-9(12-10)8-4-1-2-5-8/h16H,2-15H2,1H3;3,6-8H,1-2,4-5H2,(H,13,14). The molecule has 2 fully saturated rings. The molecule has 1 saturated heterocycles. The van der Waals surface area contributed by atoms with Crippen molar-refractivity contribution in [1.29, 1.82) is 0 Å². The van der Waals surface area contributed by atoms with Crippen LogP contribution in [0.5, 0.6) is 0 Å². The van der Waals surface area contributed by atoms with Crippen LogP contribution in [0, 0.1) is 0 Å². The third kappa shape index (κ3) is 11.1. The van der Waals surface area contributed by atoms with Gasteiger partial charge in [0.05, 0.1) is 0 Å². The minimum atomic E-state index is -0.940. The number of piperidine rings is 1. The summed E-state index contributed by atoms with van der Waals surface area (Å²) in [6.45, 7) is 6.00. The molecule has 0 bridgehead atoms. The fourth-order valence-electron chi connectivity index (χ4n) is 4.57. The molecule has 31 heavy (non-hydrogen) atoms. The number of rotatable bonds is 12. The Morgan fingerprint density at radius 1 is 0.968 bits per heavy atom. The number of carbonyl (C=O) groups is 1. The van der Waals surface area contributed by atoms with Crippen molar-refractivity contribution in [2.45, 2.75) is 109 Å². The molecule has 0 unspecified atom stereocenters. The second kappa shape index (κ2) is 16.2. The van der Waals surface area contributed by atoms with Crippen molar-refractivity contribution in [2.75, 3.05) is 19.6 Å². The smallest absolute Gasteiger partial charge is 0.354 e. The van der Waals surface area contributed by atoms with Crippen LogP contribution < -0.4 is 5.43 Å². The van der Waals surface area contributed by atoms with Crippen LogP contribution in [-0.4, -0.2) is 40.7 Å². The minimum absolute atomic E-state index is 0.161. The summed E-state index contributed by atoms with van der Waals surface area (Å²) in [6.07, 6.45) is 20.3. The van der Waals surface area contributed by atoms with Gasteiger partial charge in [0.25, 0.3) is 0 Å². The molecule has 1 aliphatic carbocycles. The molecule has 0 aromatic carbocycles. The van der Waals surface area contributed by atoms with Crippen molar-refractivity contribution >= 4 is 5.97 Å². The van der Waals surface area contributed by atoms with E-state index in [9.17, 15) is 4.79 Å². The number of unbranched alkanes of at least 4 members (excludes halogenated alkanes) is 7. The molecule has 0 atom stereocenters. The SMILES string of the molecule is CCCCCCCCCCNN1CCCCC1.O=C(O)c1cccc(C2CCCC2)n1. The molecule has 5 nitrogen and oxygen atoms in total. The second-order valence-electron chi connectivity index (χ2n) is 9.16. The van der Waals surface area contributed by atoms with E-state index in [1.807, 2.05) is 6.07 Å². The maximum atomic E-state index is 10.7. The van der Waals surface area contributed by atoms with Gasteiger partial charge in [0.1, 0.15) is 5.69 Å². The maximum Gasteiger partial charge on any atom is 0.354 e. The highest BCUT2D eigenvalue weighted by atomic mass is 16.4. The summed E-state index contributed by atoms with van der Waals surface area (Å²) >= 11 is 0. The van der Waals surface area contributed by atoms with Crippen molar-refractivity contribution in [3.63, 3.8) is 0 Å². The van der Waals surface area contributed by atoms with Crippen molar-refractivity contribution in [3.8, 4) is 0 Å². The van der Waals surface area contributed by atoms with Crippen LogP contribution in [0.25, 0.3) is 0 Å². The van der Waals surface area contributed by atoms with Gasteiger partial charge in [0, 0.05) is 31.2 Å². The van der Waals surface area contributed by atoms with Crippen LogP contribution in [0.4, 0.5) is 0 Å². The molecule has 1 aromatic rings. The number of pyridine rings is 1. The highest BCUT2D eigenvalue weighted by Crippen LogP contribution is 2.32. The van der Waals surface area contributed by atoms with Gasteiger partial charge in [0.2, 0.25) is 0 Å². The van der Waals surface area contributed by atoms with E-state index >= 15 is 0 Å². The van der Waals surface area contributed by atoms with Gasteiger partial charge in [-0.25, -0.2) is 14.8 Å². The number of aromatic nitrogens is 1. The lowest BCUT2D eigenvalue weighted by molar-refractivity contribution is 0.0690. The Balaban J connectivity index is 0.000000224. The molecular weight excluding hydrogens is 386 g/mol. The fraction of sp³-hybridized carbons (Fsp3) is 0.769. The van der Waals surface area contributed by atoms with Crippen LogP contribution in [0.2, 0.25) is 0 Å². The predicted octanol–water partition coefficient (Wildman–Crippen LogP) is 6.56. The number of hydrogen-bond acceptors (Lipinski definition) is 4. The van der Waals surface area contributed by atoms with Crippen molar-refractivity contribution in [1.82, 2.24) is 15.4 Å². The number of nitrogens with zero attached hydrogens (tertiary/aromatic N) is 2. The Hall–Kier alpha value is -1.46. The van der Waals surface area contributed by atoms with Crippen LogP contribution in [-0.2, 0) is 0 Å². The zero-order valence-corrected chi connectivity index (χ0v) is 19.8. The summed E-state index contributed by atoms with van der Waals surface area (Å²) in [7, 11) is 0. The largest absolute Gasteiger partial charge is 0.477 e. The molecule has 2 heterocycles. The van der Waals surface area contributed by atoms with E-state index in [-0.39, 0.29) is 5.69 Å². The molecule has 0 spiro atoms. The zero-order chi connectivity index (χ0) is 22.2. The molecule has 5 heteroatoms. The lowest BCUT2D eigenvalue weighted by atomic mass is 10.0. The van der Waals surface area contributed by atoms with Crippen molar-refractivity contribution in [3.05, 3.63) is 29.6 Å². The first-order chi connectivity index (χ1) is 15.2. The number of carboxylic acid groups (broad SMARTS) is 1. The molecule has 1 saturated carbocycles. The van der Waals surface area contributed by atoms with Crippen molar-refractivity contribution < 1.29 is 9.90 Å². The molecule has 2 N–H and O–H groups in total. The van der Waals surface area contributed by atoms with E-state index < -0.39 is 5.97 Å². The number of hydrazine groups is 1. The Bertz CT molecular complexity index is 596. The molecule has 1 aromatic heterocycles. The first-order valence-electron chi connectivity index (χ1n) is 12.9. The van der Waals surface area contributed by atoms with Crippen LogP contribution in [0.3, 0.4) is 0 Å². The lowest BCUT2D eigenvalue weighted by Gasteiger charge is -2.27. The van der Waals surface area contributed by atoms with Gasteiger partial charge >= 0.3 is 5.97 Å². The highest BCUT2D eigenvalue weighted by Gasteiger charge is 2.19. The molecule has 2 aliphatic rings. The highest BCUT2D eigenvalue weighted by molar-refractivity contribution is 5.85. The van der Waals surface area contributed by atoms with E-state index in [0.717, 1.165) is 18.5 Å². The van der Waals surface area contributed by atoms with E-state index in [2.05, 4.69) is 22.3 Å². The third-order valence-corrected chi connectivity index (χ3v) is 6.49. The topological polar surface area (TPSA) is 65.5 Å². The predicted molar refractivity (Wildman–Crippen MR) is 128 cm³/mol. The summed E-state index contributed by atoms with van der Waals surface area (Å²) in [5.41, 5.74) is 4.67. The summed E-state index contributed by atoms with van der Waals surface area (Å²) in [6, 6.07) is 5.26. The van der Waals surface area contributed by atoms with Crippen LogP contribution in [0.1, 0.15) is 125 Å². The molecule has 3 rings (SSSR count). The molecule has 176 valence electrons. The molecule has 0 amide bonds. The Morgan fingerprint density at radius 3 is 2.26 bits per heavy atom. The average molecular weight is 432 g/mol. The number of hydrogen-bond donors (Lipinski definition) is 2. The van der Waals surface area contributed by atoms with Gasteiger partial charge < -0.3 is 5.11 Å². The lowest BCUT2D eigenvalue weighted by Crippen LogP contribution is -2.41. The summed E-state index contributed by atoms with van der Waals surface area (Å²) in [5, 5.41) is 11.2. The zero-order valence-electron chi connectivity index (χ0n) is 19.8. The first-order valence-corrected chi connectivity index (χ1v) is 12.9. The van der Waals surface area contributed by atoms with Crippen LogP contribution >= 0.6 is 0 Å². The maximum absolute atomic E-state index is 10.7. The summed E-state index contributed by atoms with van der Waals surface area (Å²) < 4.78 is 0. The summed E-state index contributed by atoms with van der Waals surface area (Å²) in [5.74, 6) is -0.459. The molecule has 1 aliphatic heterocycles. The van der Waals surface area contributed by atoms with Crippen molar-refractivity contribution in [2.24, 2.45) is 0 Å². The number of carboxylic acids is 1. The van der Waals surface area contributed by atoms with E-state index in [1.54, 1.807) is 12.1 Å². The Morgan fingerprint density at radius 2 is 1.61 bits per heavy atom. The van der Waals surface area contributed by atoms with Gasteiger partial charge in [-0.2, -0.15) is 0 Å². The Labute approximate surface area is 190 Å². The summed E-state index contributed by atoms with van der Waals surface area (Å²) in [4.78, 5) is 14.9. The van der Waals surface area contributed by atoms with E-state index in [4.69, 9.17) is 5.11 Å². The monoisotopic (exact) mass is 431 g/mol. The van der Waals surface area contributed by atoms with Gasteiger partial charge in [-0.05, 0) is 44.2 Å². The fourth-order valence-corrected chi connectivity index (χ4v) is 4.57. The van der Waals surface area contributed by atoms with E-state index in [0.29, 0.717) is 5.92 Å². The average Bonchev–Trinajstić information content (AvgIpc) is 3.34. The van der Waals surface area contributed by atoms with Crippen LogP contribution in [0.15, 0.2) is 18.2 Å². The first kappa shape index (κ1) is 25.8. The minimum Gasteiger partial charge on any atom is -0.477 e. The number of nitrogens with one attached hydrogen (secondary N) is 1. The van der Waals surface area contributed by atoms with E-state index in [1.165, 1.54) is 103 Å². The quantitative estimate of drug-likeness (QED) is 0.367. The van der Waals surface area contributed by atoms with Gasteiger partial charge in [-0.3, -0.25) is 5.43 Å². The number of aromatic carboxylic acids is 1. The third-order valence-electron chi connectivity index (χ3n) is 6.49.